The molecule has 0 aromatic heterocycles. The second kappa shape index (κ2) is 5.67. The predicted octanol–water partition coefficient (Wildman–Crippen LogP) is 2.74. The first kappa shape index (κ1) is 14.9. The summed E-state index contributed by atoms with van der Waals surface area (Å²) in [5.74, 6) is -1.07. The highest BCUT2D eigenvalue weighted by Crippen LogP contribution is 2.22. The van der Waals surface area contributed by atoms with Gasteiger partial charge in [-0.25, -0.2) is 12.8 Å². The Morgan fingerprint density at radius 3 is 2.50 bits per heavy atom. The summed E-state index contributed by atoms with van der Waals surface area (Å²) in [6.07, 6.45) is 0.303. The first-order valence-electron chi connectivity index (χ1n) is 5.24. The van der Waals surface area contributed by atoms with Gasteiger partial charge in [0, 0.05) is 22.8 Å². The Balaban J connectivity index is 2.89. The van der Waals surface area contributed by atoms with Crippen molar-refractivity contribution in [1.82, 2.24) is 0 Å². The molecule has 0 spiro atoms. The van der Waals surface area contributed by atoms with Crippen LogP contribution in [0.15, 0.2) is 23.1 Å². The van der Waals surface area contributed by atoms with Crippen LogP contribution in [0.5, 0.6) is 0 Å². The minimum Gasteiger partial charge on any atom is -0.326 e. The molecular weight excluding hydrogens is 281 g/mol. The number of rotatable bonds is 4. The van der Waals surface area contributed by atoms with Crippen LogP contribution in [-0.2, 0) is 13.8 Å². The molecule has 1 aromatic carbocycles. The Hall–Kier alpha value is -1.14. The van der Waals surface area contributed by atoms with Crippen LogP contribution in [0.3, 0.4) is 0 Å². The molecule has 100 valence electrons. The SMILES string of the molecule is CC(C)CC(=O)Nc1ccc(S(=O)(=O)Cl)c(F)c1. The number of benzene rings is 1. The number of carbonyl (C=O) groups excluding carboxylic acids is 1. The molecule has 18 heavy (non-hydrogen) atoms. The van der Waals surface area contributed by atoms with Gasteiger partial charge in [-0.2, -0.15) is 0 Å². The molecule has 0 radical (unpaired) electrons. The molecule has 4 nitrogen and oxygen atoms in total. The third-order valence-electron chi connectivity index (χ3n) is 2.07. The molecule has 1 N–H and O–H groups in total. The first-order chi connectivity index (χ1) is 8.20. The zero-order chi connectivity index (χ0) is 13.9. The molecular formula is C11H13ClFNO3S. The Labute approximate surface area is 110 Å². The van der Waals surface area contributed by atoms with E-state index in [4.69, 9.17) is 10.7 Å². The fourth-order valence-corrected chi connectivity index (χ4v) is 2.26. The van der Waals surface area contributed by atoms with Gasteiger partial charge in [0.25, 0.3) is 9.05 Å². The van der Waals surface area contributed by atoms with E-state index >= 15 is 0 Å². The standard InChI is InChI=1S/C11H13ClFNO3S/c1-7(2)5-11(15)14-8-3-4-10(9(13)6-8)18(12,16)17/h3-4,6-7H,5H2,1-2H3,(H,14,15). The Bertz CT molecular complexity index is 557. The molecule has 7 heteroatoms. The summed E-state index contributed by atoms with van der Waals surface area (Å²) >= 11 is 0. The molecule has 0 heterocycles. The van der Waals surface area contributed by atoms with Crippen molar-refractivity contribution in [3.63, 3.8) is 0 Å². The van der Waals surface area contributed by atoms with E-state index in [0.717, 1.165) is 12.1 Å². The van der Waals surface area contributed by atoms with Gasteiger partial charge < -0.3 is 5.32 Å². The van der Waals surface area contributed by atoms with Crippen molar-refractivity contribution in [3.05, 3.63) is 24.0 Å². The molecule has 0 aliphatic heterocycles. The van der Waals surface area contributed by atoms with Crippen molar-refractivity contribution in [3.8, 4) is 0 Å². The smallest absolute Gasteiger partial charge is 0.264 e. The van der Waals surface area contributed by atoms with Crippen LogP contribution < -0.4 is 5.32 Å². The number of anilines is 1. The van der Waals surface area contributed by atoms with Crippen LogP contribution in [0.1, 0.15) is 20.3 Å². The van der Waals surface area contributed by atoms with Crippen LogP contribution in [0.2, 0.25) is 0 Å². The lowest BCUT2D eigenvalue weighted by Gasteiger charge is -2.08. The zero-order valence-corrected chi connectivity index (χ0v) is 11.5. The lowest BCUT2D eigenvalue weighted by molar-refractivity contribution is -0.116. The number of hydrogen-bond acceptors (Lipinski definition) is 3. The topological polar surface area (TPSA) is 63.2 Å². The van der Waals surface area contributed by atoms with E-state index in [2.05, 4.69) is 5.32 Å². The highest BCUT2D eigenvalue weighted by Gasteiger charge is 2.16. The fraction of sp³-hybridized carbons (Fsp3) is 0.364. The molecule has 1 aromatic rings. The average molecular weight is 294 g/mol. The molecule has 0 fully saturated rings. The van der Waals surface area contributed by atoms with Crippen molar-refractivity contribution >= 4 is 31.3 Å². The summed E-state index contributed by atoms with van der Waals surface area (Å²) in [6.45, 7) is 3.76. The summed E-state index contributed by atoms with van der Waals surface area (Å²) in [7, 11) is 0.922. The average Bonchev–Trinajstić information content (AvgIpc) is 2.13. The largest absolute Gasteiger partial charge is 0.326 e. The van der Waals surface area contributed by atoms with Gasteiger partial charge in [-0.1, -0.05) is 13.8 Å². The van der Waals surface area contributed by atoms with Gasteiger partial charge in [0.15, 0.2) is 0 Å². The van der Waals surface area contributed by atoms with Crippen molar-refractivity contribution < 1.29 is 17.6 Å². The molecule has 1 amide bonds. The van der Waals surface area contributed by atoms with Crippen LogP contribution in [0, 0.1) is 11.7 Å². The van der Waals surface area contributed by atoms with Gasteiger partial charge >= 0.3 is 0 Å². The molecule has 0 bridgehead atoms. The maximum absolute atomic E-state index is 13.4. The minimum absolute atomic E-state index is 0.178. The molecule has 0 aliphatic rings. The van der Waals surface area contributed by atoms with E-state index in [1.807, 2.05) is 13.8 Å². The second-order valence-electron chi connectivity index (χ2n) is 4.23. The lowest BCUT2D eigenvalue weighted by atomic mass is 10.1. The molecule has 0 unspecified atom stereocenters. The summed E-state index contributed by atoms with van der Waals surface area (Å²) < 4.78 is 35.4. The molecule has 1 rings (SSSR count). The van der Waals surface area contributed by atoms with Crippen LogP contribution >= 0.6 is 10.7 Å². The number of amides is 1. The maximum Gasteiger partial charge on any atom is 0.264 e. The second-order valence-corrected chi connectivity index (χ2v) is 6.76. The summed E-state index contributed by atoms with van der Waals surface area (Å²) in [6, 6.07) is 3.23. The van der Waals surface area contributed by atoms with E-state index in [-0.39, 0.29) is 17.5 Å². The minimum atomic E-state index is -4.11. The quantitative estimate of drug-likeness (QED) is 0.868. The van der Waals surface area contributed by atoms with Gasteiger partial charge in [0.2, 0.25) is 5.91 Å². The van der Waals surface area contributed by atoms with Crippen LogP contribution in [-0.4, -0.2) is 14.3 Å². The molecule has 0 saturated heterocycles. The highest BCUT2D eigenvalue weighted by molar-refractivity contribution is 8.13. The van der Waals surface area contributed by atoms with Gasteiger partial charge in [-0.15, -0.1) is 0 Å². The zero-order valence-electron chi connectivity index (χ0n) is 9.91. The van der Waals surface area contributed by atoms with Crippen molar-refractivity contribution in [2.45, 2.75) is 25.2 Å². The summed E-state index contributed by atoms with van der Waals surface area (Å²) in [5.41, 5.74) is 0.196. The molecule has 0 saturated carbocycles. The highest BCUT2D eigenvalue weighted by atomic mass is 35.7. The summed E-state index contributed by atoms with van der Waals surface area (Å²) in [4.78, 5) is 10.8. The molecule has 0 atom stereocenters. The van der Waals surface area contributed by atoms with E-state index < -0.39 is 19.8 Å². The van der Waals surface area contributed by atoms with Crippen molar-refractivity contribution in [2.24, 2.45) is 5.92 Å². The van der Waals surface area contributed by atoms with E-state index in [0.29, 0.717) is 6.42 Å². The number of nitrogens with one attached hydrogen (secondary N) is 1. The van der Waals surface area contributed by atoms with Crippen LogP contribution in [0.4, 0.5) is 10.1 Å². The fourth-order valence-electron chi connectivity index (χ4n) is 1.36. The lowest BCUT2D eigenvalue weighted by Crippen LogP contribution is -2.14. The van der Waals surface area contributed by atoms with Gasteiger partial charge in [-0.05, 0) is 24.1 Å². The number of hydrogen-bond donors (Lipinski definition) is 1. The third kappa shape index (κ3) is 4.27. The van der Waals surface area contributed by atoms with E-state index in [1.165, 1.54) is 6.07 Å². The first-order valence-corrected chi connectivity index (χ1v) is 7.55. The van der Waals surface area contributed by atoms with E-state index in [1.54, 1.807) is 0 Å². The Kier molecular flexibility index (Phi) is 4.70. The maximum atomic E-state index is 13.4. The normalized spacial score (nSPS) is 11.6. The number of halogens is 2. The van der Waals surface area contributed by atoms with E-state index in [9.17, 15) is 17.6 Å². The summed E-state index contributed by atoms with van der Waals surface area (Å²) in [5, 5.41) is 2.48. The molecule has 0 aliphatic carbocycles. The Morgan fingerprint density at radius 1 is 1.44 bits per heavy atom. The van der Waals surface area contributed by atoms with Gasteiger partial charge in [0.1, 0.15) is 10.7 Å². The number of carbonyl (C=O) groups is 1. The van der Waals surface area contributed by atoms with Gasteiger partial charge in [-0.3, -0.25) is 4.79 Å². The third-order valence-corrected chi connectivity index (χ3v) is 3.43. The van der Waals surface area contributed by atoms with Crippen molar-refractivity contribution in [2.75, 3.05) is 5.32 Å². The predicted molar refractivity (Wildman–Crippen MR) is 67.5 cm³/mol. The monoisotopic (exact) mass is 293 g/mol. The van der Waals surface area contributed by atoms with Crippen molar-refractivity contribution in [1.29, 1.82) is 0 Å². The van der Waals surface area contributed by atoms with Crippen LogP contribution in [0.25, 0.3) is 0 Å². The Morgan fingerprint density at radius 2 is 2.06 bits per heavy atom. The van der Waals surface area contributed by atoms with Gasteiger partial charge in [0.05, 0.1) is 0 Å².